The molecular formula is C41H55N7O17S. The van der Waals surface area contributed by atoms with Crippen LogP contribution in [0.4, 0.5) is 15.4 Å². The van der Waals surface area contributed by atoms with Gasteiger partial charge in [-0.25, -0.2) is 37.3 Å². The zero-order valence-corrected chi connectivity index (χ0v) is 37.9. The van der Waals surface area contributed by atoms with Crippen LogP contribution in [-0.4, -0.2) is 125 Å². The highest BCUT2D eigenvalue weighted by Crippen LogP contribution is 2.44. The first kappa shape index (κ1) is 52.6. The standard InChI is InChI=1S/C41H55N7O17S/c1-29(64-40(50)60-24-12-13-26-63-48(53)54)46(66(55,56)31-19-17-30(18-20-31)41(2,3)4)37-34(65-33-16-9-8-15-32(33)57-5)38(45-36(44-37)35-42-21-14-22-43-35)58-27-28-61-39(49)59-23-10-6-7-11-25-62-47(51)52/h8-9,14-22,29,51-54H,6-7,10-13,23-28H2,1-5H3. The van der Waals surface area contributed by atoms with Gasteiger partial charge in [0.05, 0.1) is 49.2 Å². The van der Waals surface area contributed by atoms with Crippen molar-refractivity contribution in [2.75, 3.05) is 51.1 Å². The summed E-state index contributed by atoms with van der Waals surface area (Å²) < 4.78 is 69.9. The molecule has 4 N–H and O–H groups in total. The number of unbranched alkanes of at least 4 members (excludes halogenated alkanes) is 4. The third-order valence-corrected chi connectivity index (χ3v) is 10.8. The number of para-hydroxylation sites is 2. The molecule has 66 heavy (non-hydrogen) atoms. The summed E-state index contributed by atoms with van der Waals surface area (Å²) in [6.07, 6.45) is 1.63. The van der Waals surface area contributed by atoms with Crippen LogP contribution in [0.3, 0.4) is 0 Å². The van der Waals surface area contributed by atoms with Crippen LogP contribution in [-0.2, 0) is 44.1 Å². The van der Waals surface area contributed by atoms with Gasteiger partial charge >= 0.3 is 12.3 Å². The number of carbonyl (C=O) groups excluding carboxylic acids is 2. The first-order valence-electron chi connectivity index (χ1n) is 20.5. The summed E-state index contributed by atoms with van der Waals surface area (Å²) >= 11 is 0. The second-order valence-corrected chi connectivity index (χ2v) is 16.6. The quantitative estimate of drug-likeness (QED) is 0.0211. The fourth-order valence-electron chi connectivity index (χ4n) is 5.70. The van der Waals surface area contributed by atoms with Crippen molar-refractivity contribution in [2.45, 2.75) is 82.8 Å². The van der Waals surface area contributed by atoms with Crippen molar-refractivity contribution in [3.8, 4) is 34.8 Å². The summed E-state index contributed by atoms with van der Waals surface area (Å²) in [5.41, 5.74) is 0.484. The van der Waals surface area contributed by atoms with Gasteiger partial charge in [0.2, 0.25) is 11.6 Å². The highest BCUT2D eigenvalue weighted by Gasteiger charge is 2.39. The number of rotatable bonds is 27. The molecule has 0 fully saturated rings. The number of hydrogen-bond donors (Lipinski definition) is 4. The predicted molar refractivity (Wildman–Crippen MR) is 226 cm³/mol. The number of anilines is 1. The summed E-state index contributed by atoms with van der Waals surface area (Å²) in [7, 11) is -3.39. The summed E-state index contributed by atoms with van der Waals surface area (Å²) in [5, 5.41) is 33.9. The predicted octanol–water partition coefficient (Wildman–Crippen LogP) is 6.62. The topological polar surface area (TPSA) is 294 Å². The molecule has 1 unspecified atom stereocenters. The number of sulfonamides is 1. The third-order valence-electron chi connectivity index (χ3n) is 8.92. The zero-order chi connectivity index (χ0) is 48.1. The third kappa shape index (κ3) is 16.8. The van der Waals surface area contributed by atoms with Crippen LogP contribution in [0.2, 0.25) is 0 Å². The molecule has 1 atom stereocenters. The Hall–Kier alpha value is -6.03. The first-order chi connectivity index (χ1) is 31.5. The number of methoxy groups -OCH3 is 1. The Kier molecular flexibility index (Phi) is 20.9. The van der Waals surface area contributed by atoms with E-state index in [0.29, 0.717) is 30.0 Å². The summed E-state index contributed by atoms with van der Waals surface area (Å²) in [4.78, 5) is 52.0. The van der Waals surface area contributed by atoms with Crippen molar-refractivity contribution in [1.29, 1.82) is 0 Å². The largest absolute Gasteiger partial charge is 0.510 e. The van der Waals surface area contributed by atoms with Gasteiger partial charge in [-0.05, 0) is 80.3 Å². The molecule has 24 nitrogen and oxygen atoms in total. The first-order valence-corrected chi connectivity index (χ1v) is 22.0. The van der Waals surface area contributed by atoms with E-state index >= 15 is 8.42 Å². The maximum atomic E-state index is 15.0. The second-order valence-electron chi connectivity index (χ2n) is 14.8. The summed E-state index contributed by atoms with van der Waals surface area (Å²) in [6, 6.07) is 14.0. The van der Waals surface area contributed by atoms with E-state index in [2.05, 4.69) is 29.6 Å². The average molecular weight is 950 g/mol. The second kappa shape index (κ2) is 26.2. The number of hydrogen-bond acceptors (Lipinski definition) is 23. The highest BCUT2D eigenvalue weighted by molar-refractivity contribution is 7.92. The van der Waals surface area contributed by atoms with Crippen LogP contribution in [0.15, 0.2) is 71.9 Å². The van der Waals surface area contributed by atoms with Crippen LogP contribution in [0, 0.1) is 0 Å². The molecule has 0 saturated heterocycles. The van der Waals surface area contributed by atoms with Crippen molar-refractivity contribution in [1.82, 2.24) is 30.7 Å². The van der Waals surface area contributed by atoms with Gasteiger partial charge in [-0.3, -0.25) is 30.5 Å². The van der Waals surface area contributed by atoms with Crippen molar-refractivity contribution in [3.63, 3.8) is 0 Å². The molecule has 0 saturated carbocycles. The van der Waals surface area contributed by atoms with E-state index < -0.39 is 45.5 Å². The summed E-state index contributed by atoms with van der Waals surface area (Å²) in [5.74, 6) is -1.37. The van der Waals surface area contributed by atoms with E-state index in [9.17, 15) is 9.59 Å². The molecule has 2 aromatic carbocycles. The van der Waals surface area contributed by atoms with Crippen LogP contribution < -0.4 is 18.5 Å². The number of ether oxygens (including phenoxy) is 7. The molecule has 362 valence electrons. The van der Waals surface area contributed by atoms with E-state index in [1.54, 1.807) is 30.3 Å². The maximum absolute atomic E-state index is 15.0. The molecule has 0 amide bonds. The molecule has 2 heterocycles. The van der Waals surface area contributed by atoms with Gasteiger partial charge in [-0.15, -0.1) is 0 Å². The maximum Gasteiger partial charge on any atom is 0.510 e. The molecular weight excluding hydrogens is 895 g/mol. The lowest BCUT2D eigenvalue weighted by atomic mass is 9.87. The number of aromatic nitrogens is 4. The molecule has 2 aromatic heterocycles. The highest BCUT2D eigenvalue weighted by atomic mass is 32.2. The molecule has 0 aliphatic heterocycles. The molecule has 0 spiro atoms. The lowest BCUT2D eigenvalue weighted by Crippen LogP contribution is -2.42. The van der Waals surface area contributed by atoms with Crippen molar-refractivity contribution >= 4 is 28.2 Å². The van der Waals surface area contributed by atoms with Crippen LogP contribution >= 0.6 is 0 Å². The minimum absolute atomic E-state index is 0.0411. The molecule has 0 radical (unpaired) electrons. The Morgan fingerprint density at radius 1 is 0.682 bits per heavy atom. The van der Waals surface area contributed by atoms with Gasteiger partial charge in [0.25, 0.3) is 15.9 Å². The lowest BCUT2D eigenvalue weighted by molar-refractivity contribution is -0.492. The van der Waals surface area contributed by atoms with Gasteiger partial charge in [-0.1, -0.05) is 51.5 Å². The summed E-state index contributed by atoms with van der Waals surface area (Å²) in [6.45, 7) is 6.20. The minimum Gasteiger partial charge on any atom is -0.493 e. The van der Waals surface area contributed by atoms with Crippen molar-refractivity contribution in [2.24, 2.45) is 0 Å². The SMILES string of the molecule is COc1ccccc1Oc1c(OCCOC(=O)OCCCCCCON(O)O)nc(-c2ncccn2)nc1N(C(C)OC(=O)OCCCCON(O)O)S(=O)(=O)c1ccc(C(C)(C)C)cc1. The fourth-order valence-corrected chi connectivity index (χ4v) is 7.19. The molecule has 0 aliphatic carbocycles. The smallest absolute Gasteiger partial charge is 0.493 e. The number of carbonyl (C=O) groups is 2. The van der Waals surface area contributed by atoms with E-state index in [-0.39, 0.29) is 97.2 Å². The van der Waals surface area contributed by atoms with Crippen LogP contribution in [0.1, 0.15) is 71.8 Å². The van der Waals surface area contributed by atoms with E-state index in [1.165, 1.54) is 50.7 Å². The number of nitrogens with zero attached hydrogens (tertiary/aromatic N) is 7. The Morgan fingerprint density at radius 3 is 1.85 bits per heavy atom. The van der Waals surface area contributed by atoms with Gasteiger partial charge in [0, 0.05) is 12.4 Å². The van der Waals surface area contributed by atoms with E-state index in [4.69, 9.17) is 54.0 Å². The van der Waals surface area contributed by atoms with Crippen LogP contribution in [0.5, 0.6) is 23.1 Å². The Labute approximate surface area is 380 Å². The van der Waals surface area contributed by atoms with Gasteiger partial charge in [-0.2, -0.15) is 4.98 Å². The molecule has 4 rings (SSSR count). The number of benzene rings is 2. The van der Waals surface area contributed by atoms with Crippen molar-refractivity contribution < 1.29 is 81.7 Å². The van der Waals surface area contributed by atoms with E-state index in [1.807, 2.05) is 20.8 Å². The van der Waals surface area contributed by atoms with Crippen LogP contribution in [0.25, 0.3) is 11.6 Å². The Balaban J connectivity index is 1.74. The van der Waals surface area contributed by atoms with Crippen molar-refractivity contribution in [3.05, 3.63) is 72.6 Å². The Bertz CT molecular complexity index is 2220. The molecule has 0 aliphatic rings. The minimum atomic E-state index is -4.79. The average Bonchev–Trinajstić information content (AvgIpc) is 3.27. The molecule has 0 bridgehead atoms. The lowest BCUT2D eigenvalue weighted by Gasteiger charge is -2.30. The monoisotopic (exact) mass is 949 g/mol. The molecule has 25 heteroatoms. The van der Waals surface area contributed by atoms with Gasteiger partial charge in [0.1, 0.15) is 13.2 Å². The van der Waals surface area contributed by atoms with Gasteiger partial charge in [0.15, 0.2) is 29.4 Å². The fraction of sp³-hybridized carbons (Fsp3) is 0.463. The van der Waals surface area contributed by atoms with E-state index in [0.717, 1.165) is 5.56 Å². The van der Waals surface area contributed by atoms with Gasteiger partial charge < -0.3 is 33.2 Å². The zero-order valence-electron chi connectivity index (χ0n) is 37.0. The Morgan fingerprint density at radius 2 is 1.24 bits per heavy atom. The molecule has 4 aromatic rings. The normalized spacial score (nSPS) is 12.1.